The van der Waals surface area contributed by atoms with Crippen molar-refractivity contribution in [1.29, 1.82) is 0 Å². The van der Waals surface area contributed by atoms with E-state index < -0.39 is 5.69 Å². The molecule has 5 heteroatoms. The number of nitrogens with one attached hydrogen (secondary N) is 1. The first kappa shape index (κ1) is 6.78. The molecule has 0 saturated carbocycles. The van der Waals surface area contributed by atoms with Gasteiger partial charge in [-0.3, -0.25) is 4.98 Å². The van der Waals surface area contributed by atoms with E-state index in [1.165, 1.54) is 12.4 Å². The fraction of sp³-hybridized carbons (Fsp3) is 0. The largest absolute Gasteiger partial charge is 0.396 e. The zero-order chi connectivity index (χ0) is 8.55. The molecule has 60 valence electrons. The van der Waals surface area contributed by atoms with Crippen LogP contribution in [0.25, 0.3) is 10.9 Å². The average Bonchev–Trinajstić information content (AvgIpc) is 2.07. The summed E-state index contributed by atoms with van der Waals surface area (Å²) in [5.74, 6) is 0. The van der Waals surface area contributed by atoms with E-state index in [1.54, 1.807) is 6.20 Å². The molecule has 0 atom stereocenters. The predicted molar refractivity (Wildman–Crippen MR) is 44.6 cm³/mol. The molecule has 2 heterocycles. The molecule has 3 N–H and O–H groups in total. The molecule has 0 spiro atoms. The molecular formula is C7H6N4O. The van der Waals surface area contributed by atoms with E-state index in [2.05, 4.69) is 15.0 Å². The van der Waals surface area contributed by atoms with Crippen LogP contribution in [0.1, 0.15) is 0 Å². The van der Waals surface area contributed by atoms with Gasteiger partial charge in [0, 0.05) is 17.8 Å². The molecule has 0 fully saturated rings. The van der Waals surface area contributed by atoms with Crippen molar-refractivity contribution in [2.45, 2.75) is 0 Å². The molecule has 2 rings (SSSR count). The summed E-state index contributed by atoms with van der Waals surface area (Å²) < 4.78 is 0. The lowest BCUT2D eigenvalue weighted by molar-refractivity contribution is 1.11. The minimum atomic E-state index is -0.402. The van der Waals surface area contributed by atoms with Crippen molar-refractivity contribution in [2.75, 3.05) is 5.73 Å². The Labute approximate surface area is 67.3 Å². The molecule has 0 amide bonds. The fourth-order valence-corrected chi connectivity index (χ4v) is 1.00. The number of aromatic nitrogens is 3. The van der Waals surface area contributed by atoms with Crippen molar-refractivity contribution in [3.63, 3.8) is 0 Å². The van der Waals surface area contributed by atoms with Crippen molar-refractivity contribution in [2.24, 2.45) is 0 Å². The SMILES string of the molecule is Nc1cncc2cnc(=O)[nH]c12. The van der Waals surface area contributed by atoms with Gasteiger partial charge in [0.1, 0.15) is 0 Å². The molecule has 0 aliphatic rings. The van der Waals surface area contributed by atoms with Crippen molar-refractivity contribution in [1.82, 2.24) is 15.0 Å². The van der Waals surface area contributed by atoms with E-state index in [0.717, 1.165) is 5.39 Å². The monoisotopic (exact) mass is 162 g/mol. The summed E-state index contributed by atoms with van der Waals surface area (Å²) in [5.41, 5.74) is 6.20. The van der Waals surface area contributed by atoms with Crippen LogP contribution in [0.3, 0.4) is 0 Å². The lowest BCUT2D eigenvalue weighted by Gasteiger charge is -1.97. The molecule has 2 aromatic heterocycles. The average molecular weight is 162 g/mol. The summed E-state index contributed by atoms with van der Waals surface area (Å²) in [7, 11) is 0. The first-order valence-corrected chi connectivity index (χ1v) is 3.36. The van der Waals surface area contributed by atoms with Gasteiger partial charge in [0.15, 0.2) is 0 Å². The molecule has 0 saturated heterocycles. The van der Waals surface area contributed by atoms with Crippen LogP contribution >= 0.6 is 0 Å². The van der Waals surface area contributed by atoms with Crippen LogP contribution in [-0.2, 0) is 0 Å². The Morgan fingerprint density at radius 2 is 2.17 bits per heavy atom. The lowest BCUT2D eigenvalue weighted by atomic mass is 10.3. The van der Waals surface area contributed by atoms with E-state index >= 15 is 0 Å². The molecule has 12 heavy (non-hydrogen) atoms. The van der Waals surface area contributed by atoms with Crippen LogP contribution in [0, 0.1) is 0 Å². The molecule has 0 aliphatic heterocycles. The molecule has 5 nitrogen and oxygen atoms in total. The summed E-state index contributed by atoms with van der Waals surface area (Å²) in [6.45, 7) is 0. The van der Waals surface area contributed by atoms with E-state index in [-0.39, 0.29) is 0 Å². The molecule has 0 bridgehead atoms. The van der Waals surface area contributed by atoms with Crippen molar-refractivity contribution >= 4 is 16.6 Å². The van der Waals surface area contributed by atoms with E-state index in [1.807, 2.05) is 0 Å². The molecule has 0 unspecified atom stereocenters. The van der Waals surface area contributed by atoms with Gasteiger partial charge >= 0.3 is 5.69 Å². The smallest absolute Gasteiger partial charge is 0.345 e. The molecule has 0 radical (unpaired) electrons. The summed E-state index contributed by atoms with van der Waals surface area (Å²) in [6.07, 6.45) is 4.52. The third kappa shape index (κ3) is 0.914. The van der Waals surface area contributed by atoms with Crippen molar-refractivity contribution < 1.29 is 0 Å². The van der Waals surface area contributed by atoms with Crippen LogP contribution in [0.2, 0.25) is 0 Å². The van der Waals surface area contributed by atoms with Crippen LogP contribution in [0.4, 0.5) is 5.69 Å². The fourth-order valence-electron chi connectivity index (χ4n) is 1.00. The number of aromatic amines is 1. The van der Waals surface area contributed by atoms with Gasteiger partial charge in [-0.25, -0.2) is 9.78 Å². The summed E-state index contributed by atoms with van der Waals surface area (Å²) in [4.78, 5) is 20.7. The van der Waals surface area contributed by atoms with Crippen LogP contribution in [0.5, 0.6) is 0 Å². The minimum Gasteiger partial charge on any atom is -0.396 e. The topological polar surface area (TPSA) is 84.7 Å². The second-order valence-corrected chi connectivity index (χ2v) is 2.38. The van der Waals surface area contributed by atoms with Gasteiger partial charge in [-0.05, 0) is 0 Å². The molecule has 0 aromatic carbocycles. The third-order valence-corrected chi connectivity index (χ3v) is 1.56. The number of nitrogens with zero attached hydrogens (tertiary/aromatic N) is 2. The highest BCUT2D eigenvalue weighted by Gasteiger charge is 1.97. The maximum absolute atomic E-state index is 10.8. The van der Waals surface area contributed by atoms with Crippen LogP contribution in [0.15, 0.2) is 23.4 Å². The number of nitrogen functional groups attached to an aromatic ring is 1. The van der Waals surface area contributed by atoms with Gasteiger partial charge in [0.25, 0.3) is 0 Å². The van der Waals surface area contributed by atoms with Gasteiger partial charge in [0.2, 0.25) is 0 Å². The van der Waals surface area contributed by atoms with Gasteiger partial charge in [0.05, 0.1) is 17.4 Å². The minimum absolute atomic E-state index is 0.402. The van der Waals surface area contributed by atoms with E-state index in [9.17, 15) is 4.79 Å². The zero-order valence-electron chi connectivity index (χ0n) is 6.11. The number of fused-ring (bicyclic) bond motifs is 1. The first-order valence-electron chi connectivity index (χ1n) is 3.36. The Morgan fingerprint density at radius 1 is 1.33 bits per heavy atom. The standard InChI is InChI=1S/C7H6N4O/c8-5-3-9-1-4-2-10-7(12)11-6(4)5/h1-3H,8H2,(H,10,11,12). The summed E-state index contributed by atoms with van der Waals surface area (Å²) in [5, 5.41) is 0.731. The summed E-state index contributed by atoms with van der Waals surface area (Å²) in [6, 6.07) is 0. The Morgan fingerprint density at radius 3 is 3.00 bits per heavy atom. The molecular weight excluding hydrogens is 156 g/mol. The van der Waals surface area contributed by atoms with E-state index in [0.29, 0.717) is 11.2 Å². The van der Waals surface area contributed by atoms with Gasteiger partial charge in [-0.2, -0.15) is 0 Å². The number of rotatable bonds is 0. The molecule has 2 aromatic rings. The Hall–Kier alpha value is -1.91. The maximum atomic E-state index is 10.8. The highest BCUT2D eigenvalue weighted by Crippen LogP contribution is 2.12. The van der Waals surface area contributed by atoms with E-state index in [4.69, 9.17) is 5.73 Å². The Kier molecular flexibility index (Phi) is 1.30. The first-order chi connectivity index (χ1) is 5.77. The van der Waals surface area contributed by atoms with Crippen LogP contribution < -0.4 is 11.4 Å². The summed E-state index contributed by atoms with van der Waals surface area (Å²) >= 11 is 0. The van der Waals surface area contributed by atoms with Crippen LogP contribution in [-0.4, -0.2) is 15.0 Å². The number of H-pyrrole nitrogens is 1. The maximum Gasteiger partial charge on any atom is 0.345 e. The highest BCUT2D eigenvalue weighted by molar-refractivity contribution is 5.86. The number of hydrogen-bond acceptors (Lipinski definition) is 4. The number of hydrogen-bond donors (Lipinski definition) is 2. The third-order valence-electron chi connectivity index (χ3n) is 1.56. The Bertz CT molecular complexity index is 476. The van der Waals surface area contributed by atoms with Gasteiger partial charge in [-0.1, -0.05) is 0 Å². The quantitative estimate of drug-likeness (QED) is 0.566. The Balaban J connectivity index is 2.97. The van der Waals surface area contributed by atoms with Crippen molar-refractivity contribution in [3.8, 4) is 0 Å². The lowest BCUT2D eigenvalue weighted by Crippen LogP contribution is -2.09. The number of pyridine rings is 1. The van der Waals surface area contributed by atoms with Crippen molar-refractivity contribution in [3.05, 3.63) is 29.1 Å². The highest BCUT2D eigenvalue weighted by atomic mass is 16.1. The zero-order valence-corrected chi connectivity index (χ0v) is 6.11. The predicted octanol–water partition coefficient (Wildman–Crippen LogP) is -0.0997. The second kappa shape index (κ2) is 2.30. The number of nitrogens with two attached hydrogens (primary N) is 1. The molecule has 0 aliphatic carbocycles. The normalized spacial score (nSPS) is 10.3. The number of anilines is 1. The van der Waals surface area contributed by atoms with Gasteiger partial charge in [-0.15, -0.1) is 0 Å². The van der Waals surface area contributed by atoms with Gasteiger partial charge < -0.3 is 10.7 Å². The second-order valence-electron chi connectivity index (χ2n) is 2.38.